The number of benzene rings is 2. The Morgan fingerprint density at radius 2 is 1.69 bits per heavy atom. The number of rotatable bonds is 9. The van der Waals surface area contributed by atoms with E-state index in [1.807, 2.05) is 45.0 Å². The summed E-state index contributed by atoms with van der Waals surface area (Å²) in [6.45, 7) is 6.48. The lowest BCUT2D eigenvalue weighted by Gasteiger charge is -2.32. The molecule has 2 aromatic carbocycles. The van der Waals surface area contributed by atoms with Gasteiger partial charge in [0.2, 0.25) is 21.8 Å². The maximum atomic E-state index is 13.0. The number of amides is 2. The minimum absolute atomic E-state index is 0.112. The Morgan fingerprint density at radius 3 is 2.29 bits per heavy atom. The monoisotopic (exact) mass is 501 g/mol. The third kappa shape index (κ3) is 6.61. The number of nitrogens with one attached hydrogen (secondary N) is 2. The standard InChI is InChI=1S/C26H35N3O5S/c1-18(2)24(26(31)27-17-21-7-5-6-8-23(21)34-4)28-25(30)20-13-15-29(16-14-20)35(32,33)22-11-9-19(3)10-12-22/h5-12,18,20,24H,13-17H2,1-4H3,(H,27,31)(H,28,30). The number of hydrogen-bond acceptors (Lipinski definition) is 5. The van der Waals surface area contributed by atoms with Crippen LogP contribution in [-0.4, -0.2) is 50.8 Å². The second-order valence-electron chi connectivity index (χ2n) is 9.25. The fourth-order valence-electron chi connectivity index (χ4n) is 4.17. The van der Waals surface area contributed by atoms with E-state index < -0.39 is 16.1 Å². The number of para-hydroxylation sites is 1. The first kappa shape index (κ1) is 26.7. The van der Waals surface area contributed by atoms with E-state index in [1.165, 1.54) is 4.31 Å². The Hall–Kier alpha value is -2.91. The Balaban J connectivity index is 1.56. The summed E-state index contributed by atoms with van der Waals surface area (Å²) in [4.78, 5) is 26.1. The molecule has 2 amide bonds. The van der Waals surface area contributed by atoms with Gasteiger partial charge in [0.1, 0.15) is 11.8 Å². The van der Waals surface area contributed by atoms with Crippen molar-refractivity contribution in [3.8, 4) is 5.75 Å². The largest absolute Gasteiger partial charge is 0.496 e. The molecule has 1 heterocycles. The van der Waals surface area contributed by atoms with Gasteiger partial charge in [-0.25, -0.2) is 8.42 Å². The van der Waals surface area contributed by atoms with Gasteiger partial charge in [-0.15, -0.1) is 0 Å². The summed E-state index contributed by atoms with van der Waals surface area (Å²) >= 11 is 0. The van der Waals surface area contributed by atoms with Crippen LogP contribution in [0.15, 0.2) is 53.4 Å². The molecular formula is C26H35N3O5S. The van der Waals surface area contributed by atoms with Crippen LogP contribution in [0.1, 0.15) is 37.8 Å². The first-order chi connectivity index (χ1) is 16.6. The summed E-state index contributed by atoms with van der Waals surface area (Å²) in [5, 5.41) is 5.78. The van der Waals surface area contributed by atoms with E-state index in [1.54, 1.807) is 31.4 Å². The SMILES string of the molecule is COc1ccccc1CNC(=O)C(NC(=O)C1CCN(S(=O)(=O)c2ccc(C)cc2)CC1)C(C)C. The van der Waals surface area contributed by atoms with Gasteiger partial charge in [-0.1, -0.05) is 49.7 Å². The highest BCUT2D eigenvalue weighted by molar-refractivity contribution is 7.89. The van der Waals surface area contributed by atoms with Crippen LogP contribution in [-0.2, 0) is 26.2 Å². The molecule has 1 unspecified atom stereocenters. The molecule has 0 bridgehead atoms. The maximum Gasteiger partial charge on any atom is 0.243 e. The molecule has 35 heavy (non-hydrogen) atoms. The highest BCUT2D eigenvalue weighted by atomic mass is 32.2. The second-order valence-corrected chi connectivity index (χ2v) is 11.2. The van der Waals surface area contributed by atoms with E-state index in [9.17, 15) is 18.0 Å². The molecule has 1 aliphatic heterocycles. The van der Waals surface area contributed by atoms with Crippen molar-refractivity contribution in [2.24, 2.45) is 11.8 Å². The highest BCUT2D eigenvalue weighted by Crippen LogP contribution is 2.24. The van der Waals surface area contributed by atoms with E-state index in [-0.39, 0.29) is 48.2 Å². The molecule has 1 aliphatic rings. The van der Waals surface area contributed by atoms with Gasteiger partial charge < -0.3 is 15.4 Å². The summed E-state index contributed by atoms with van der Waals surface area (Å²) in [6.07, 6.45) is 0.815. The number of carbonyl (C=O) groups excluding carboxylic acids is 2. The van der Waals surface area contributed by atoms with Crippen LogP contribution in [0, 0.1) is 18.8 Å². The van der Waals surface area contributed by atoms with Gasteiger partial charge >= 0.3 is 0 Å². The average molecular weight is 502 g/mol. The minimum Gasteiger partial charge on any atom is -0.496 e. The number of aryl methyl sites for hydroxylation is 1. The van der Waals surface area contributed by atoms with E-state index >= 15 is 0 Å². The molecule has 2 N–H and O–H groups in total. The summed E-state index contributed by atoms with van der Waals surface area (Å²) in [6, 6.07) is 13.5. The van der Waals surface area contributed by atoms with Crippen LogP contribution in [0.5, 0.6) is 5.75 Å². The zero-order valence-electron chi connectivity index (χ0n) is 20.8. The third-order valence-corrected chi connectivity index (χ3v) is 8.29. The van der Waals surface area contributed by atoms with Gasteiger partial charge in [0.25, 0.3) is 0 Å². The van der Waals surface area contributed by atoms with Crippen molar-refractivity contribution in [1.82, 2.24) is 14.9 Å². The number of methoxy groups -OCH3 is 1. The van der Waals surface area contributed by atoms with Gasteiger partial charge in [0, 0.05) is 31.1 Å². The Bertz CT molecular complexity index is 1120. The zero-order valence-corrected chi connectivity index (χ0v) is 21.6. The Morgan fingerprint density at radius 1 is 1.06 bits per heavy atom. The molecule has 0 radical (unpaired) electrons. The predicted molar refractivity (Wildman–Crippen MR) is 134 cm³/mol. The third-order valence-electron chi connectivity index (χ3n) is 6.38. The van der Waals surface area contributed by atoms with Crippen molar-refractivity contribution in [2.75, 3.05) is 20.2 Å². The summed E-state index contributed by atoms with van der Waals surface area (Å²) < 4.78 is 32.6. The Labute approximate surface area is 208 Å². The molecule has 0 spiro atoms. The molecule has 0 aliphatic carbocycles. The lowest BCUT2D eigenvalue weighted by Crippen LogP contribution is -2.52. The van der Waals surface area contributed by atoms with E-state index in [0.29, 0.717) is 18.6 Å². The summed E-state index contributed by atoms with van der Waals surface area (Å²) in [5.41, 5.74) is 1.84. The van der Waals surface area contributed by atoms with Crippen molar-refractivity contribution < 1.29 is 22.7 Å². The smallest absolute Gasteiger partial charge is 0.243 e. The summed E-state index contributed by atoms with van der Waals surface area (Å²) in [5.74, 6) is -0.256. The maximum absolute atomic E-state index is 13.0. The normalized spacial score (nSPS) is 16.0. The number of hydrogen-bond donors (Lipinski definition) is 2. The number of carbonyl (C=O) groups is 2. The first-order valence-electron chi connectivity index (χ1n) is 11.9. The van der Waals surface area contributed by atoms with Crippen LogP contribution < -0.4 is 15.4 Å². The van der Waals surface area contributed by atoms with Crippen molar-refractivity contribution in [3.63, 3.8) is 0 Å². The fourth-order valence-corrected chi connectivity index (χ4v) is 5.63. The van der Waals surface area contributed by atoms with Crippen molar-refractivity contribution in [1.29, 1.82) is 0 Å². The van der Waals surface area contributed by atoms with Gasteiger partial charge in [-0.3, -0.25) is 9.59 Å². The lowest BCUT2D eigenvalue weighted by molar-refractivity contribution is -0.132. The van der Waals surface area contributed by atoms with Crippen LogP contribution in [0.25, 0.3) is 0 Å². The molecule has 9 heteroatoms. The van der Waals surface area contributed by atoms with E-state index in [4.69, 9.17) is 4.74 Å². The first-order valence-corrected chi connectivity index (χ1v) is 13.3. The second kappa shape index (κ2) is 11.7. The average Bonchev–Trinajstić information content (AvgIpc) is 2.86. The zero-order chi connectivity index (χ0) is 25.6. The number of ether oxygens (including phenoxy) is 1. The van der Waals surface area contributed by atoms with Crippen LogP contribution >= 0.6 is 0 Å². The lowest BCUT2D eigenvalue weighted by atomic mass is 9.95. The van der Waals surface area contributed by atoms with Crippen LogP contribution in [0.4, 0.5) is 0 Å². The van der Waals surface area contributed by atoms with Gasteiger partial charge in [0.05, 0.1) is 12.0 Å². The van der Waals surface area contributed by atoms with E-state index in [2.05, 4.69) is 10.6 Å². The quantitative estimate of drug-likeness (QED) is 0.550. The molecule has 2 aromatic rings. The summed E-state index contributed by atoms with van der Waals surface area (Å²) in [7, 11) is -2.01. The Kier molecular flexibility index (Phi) is 8.91. The predicted octanol–water partition coefficient (Wildman–Crippen LogP) is 2.86. The molecule has 0 aromatic heterocycles. The molecule has 1 saturated heterocycles. The number of sulfonamides is 1. The number of nitrogens with zero attached hydrogens (tertiary/aromatic N) is 1. The topological polar surface area (TPSA) is 105 Å². The van der Waals surface area contributed by atoms with E-state index in [0.717, 1.165) is 11.1 Å². The molecule has 1 fully saturated rings. The molecule has 190 valence electrons. The van der Waals surface area contributed by atoms with Gasteiger partial charge in [0.15, 0.2) is 0 Å². The van der Waals surface area contributed by atoms with Gasteiger partial charge in [-0.2, -0.15) is 4.31 Å². The molecule has 8 nitrogen and oxygen atoms in total. The highest BCUT2D eigenvalue weighted by Gasteiger charge is 2.34. The van der Waals surface area contributed by atoms with Crippen LogP contribution in [0.2, 0.25) is 0 Å². The molecule has 0 saturated carbocycles. The number of piperidine rings is 1. The minimum atomic E-state index is -3.59. The fraction of sp³-hybridized carbons (Fsp3) is 0.462. The van der Waals surface area contributed by atoms with Crippen LogP contribution in [0.3, 0.4) is 0 Å². The van der Waals surface area contributed by atoms with Crippen molar-refractivity contribution in [2.45, 2.75) is 51.1 Å². The molecule has 3 rings (SSSR count). The van der Waals surface area contributed by atoms with Crippen molar-refractivity contribution >= 4 is 21.8 Å². The van der Waals surface area contributed by atoms with Gasteiger partial charge in [-0.05, 0) is 43.9 Å². The molecular weight excluding hydrogens is 466 g/mol. The van der Waals surface area contributed by atoms with Crippen molar-refractivity contribution in [3.05, 3.63) is 59.7 Å². The molecule has 1 atom stereocenters.